The van der Waals surface area contributed by atoms with Gasteiger partial charge >= 0.3 is 0 Å². The Bertz CT molecular complexity index is 1080. The first-order chi connectivity index (χ1) is 12.6. The predicted octanol–water partition coefficient (Wildman–Crippen LogP) is 3.67. The third-order valence-corrected chi connectivity index (χ3v) is 5.81. The van der Waals surface area contributed by atoms with Crippen LogP contribution >= 0.6 is 34.0 Å². The number of nitrogens with two attached hydrogens (primary N) is 1. The van der Waals surface area contributed by atoms with Crippen LogP contribution in [0.1, 0.15) is 21.0 Å². The summed E-state index contributed by atoms with van der Waals surface area (Å²) in [6, 6.07) is 3.59. The van der Waals surface area contributed by atoms with Gasteiger partial charge in [-0.2, -0.15) is 11.3 Å². The van der Waals surface area contributed by atoms with E-state index >= 15 is 0 Å². The Balaban J connectivity index is 1.48. The Kier molecular flexibility index (Phi) is 4.37. The van der Waals surface area contributed by atoms with Crippen LogP contribution in [0.2, 0.25) is 0 Å². The molecule has 0 saturated heterocycles. The Morgan fingerprint density at radius 1 is 1.12 bits per heavy atom. The number of amides is 2. The highest BCUT2D eigenvalue weighted by atomic mass is 32.1. The number of nitrogens with zero attached hydrogens (tertiary/aromatic N) is 2. The summed E-state index contributed by atoms with van der Waals surface area (Å²) in [6.07, 6.45) is 1.65. The quantitative estimate of drug-likeness (QED) is 0.473. The van der Waals surface area contributed by atoms with Gasteiger partial charge in [0.15, 0.2) is 5.13 Å². The third kappa shape index (κ3) is 3.29. The summed E-state index contributed by atoms with van der Waals surface area (Å²) >= 11 is 4.30. The number of thiophene rings is 1. The fourth-order valence-corrected chi connectivity index (χ4v) is 4.43. The molecular weight excluding hydrogens is 390 g/mol. The molecule has 0 aromatic carbocycles. The number of H-pyrrole nitrogens is 1. The van der Waals surface area contributed by atoms with E-state index in [0.717, 1.165) is 16.1 Å². The highest BCUT2D eigenvalue weighted by molar-refractivity contribution is 7.14. The minimum atomic E-state index is -0.537. The second-order valence-electron chi connectivity index (χ2n) is 5.21. The monoisotopic (exact) mass is 401 g/mol. The van der Waals surface area contributed by atoms with Crippen LogP contribution in [0.15, 0.2) is 39.8 Å². The summed E-state index contributed by atoms with van der Waals surface area (Å²) in [6.45, 7) is 0. The molecule has 4 heterocycles. The maximum atomic E-state index is 12.4. The summed E-state index contributed by atoms with van der Waals surface area (Å²) in [7, 11) is 0. The molecule has 10 heteroatoms. The molecule has 0 bridgehead atoms. The molecule has 0 spiro atoms. The Hall–Kier alpha value is -2.82. The number of carbonyl (C=O) groups excluding carboxylic acids is 2. The zero-order valence-corrected chi connectivity index (χ0v) is 15.5. The van der Waals surface area contributed by atoms with E-state index < -0.39 is 5.91 Å². The average molecular weight is 401 g/mol. The summed E-state index contributed by atoms with van der Waals surface area (Å²) in [4.78, 5) is 35.1. The van der Waals surface area contributed by atoms with Crippen LogP contribution in [-0.2, 0) is 0 Å². The topological polar surface area (TPSA) is 114 Å². The van der Waals surface area contributed by atoms with Crippen LogP contribution in [0.3, 0.4) is 0 Å². The number of aromatic amines is 1. The van der Waals surface area contributed by atoms with Gasteiger partial charge in [0, 0.05) is 33.5 Å². The molecule has 2 amide bonds. The van der Waals surface area contributed by atoms with Crippen LogP contribution in [0.4, 0.5) is 5.13 Å². The molecule has 4 N–H and O–H groups in total. The highest BCUT2D eigenvalue weighted by Crippen LogP contribution is 2.28. The van der Waals surface area contributed by atoms with E-state index in [4.69, 9.17) is 5.73 Å². The van der Waals surface area contributed by atoms with Gasteiger partial charge in [0.25, 0.3) is 11.8 Å². The number of aromatic nitrogens is 3. The molecule has 0 saturated carbocycles. The molecule has 0 aliphatic carbocycles. The van der Waals surface area contributed by atoms with Gasteiger partial charge in [0.05, 0.1) is 5.69 Å². The minimum absolute atomic E-state index is 0.307. The first-order valence-electron chi connectivity index (χ1n) is 7.34. The average Bonchev–Trinajstić information content (AvgIpc) is 3.39. The smallest absolute Gasteiger partial charge is 0.276 e. The number of nitrogens with one attached hydrogen (secondary N) is 2. The number of primary amides is 1. The molecule has 26 heavy (non-hydrogen) atoms. The number of hydrogen-bond acceptors (Lipinski definition) is 7. The summed E-state index contributed by atoms with van der Waals surface area (Å²) in [5.74, 6) is -0.847. The van der Waals surface area contributed by atoms with Crippen LogP contribution in [0, 0.1) is 0 Å². The lowest BCUT2D eigenvalue weighted by molar-refractivity contribution is 0.0993. The Morgan fingerprint density at radius 2 is 2.00 bits per heavy atom. The van der Waals surface area contributed by atoms with Crippen LogP contribution in [0.5, 0.6) is 0 Å². The van der Waals surface area contributed by atoms with Gasteiger partial charge in [-0.1, -0.05) is 0 Å². The van der Waals surface area contributed by atoms with E-state index in [1.807, 2.05) is 16.8 Å². The van der Waals surface area contributed by atoms with Crippen molar-refractivity contribution in [3.63, 3.8) is 0 Å². The molecule has 0 fully saturated rings. The maximum Gasteiger partial charge on any atom is 0.276 e. The molecule has 4 aromatic heterocycles. The van der Waals surface area contributed by atoms with Crippen LogP contribution in [0.25, 0.3) is 21.8 Å². The lowest BCUT2D eigenvalue weighted by Gasteiger charge is -1.97. The summed E-state index contributed by atoms with van der Waals surface area (Å²) in [5.41, 5.74) is 8.27. The number of thiazole rings is 2. The fraction of sp³-hybridized carbons (Fsp3) is 0. The van der Waals surface area contributed by atoms with E-state index in [1.54, 1.807) is 34.4 Å². The third-order valence-electron chi connectivity index (χ3n) is 3.47. The van der Waals surface area contributed by atoms with Gasteiger partial charge in [0.2, 0.25) is 0 Å². The number of anilines is 1. The Labute approximate surface area is 159 Å². The molecular formula is C16H11N5O2S3. The van der Waals surface area contributed by atoms with E-state index in [9.17, 15) is 9.59 Å². The molecule has 0 radical (unpaired) electrons. The fourth-order valence-electron chi connectivity index (χ4n) is 2.21. The molecule has 0 aliphatic heterocycles. The van der Waals surface area contributed by atoms with Crippen molar-refractivity contribution < 1.29 is 9.59 Å². The van der Waals surface area contributed by atoms with Crippen molar-refractivity contribution >= 4 is 51.0 Å². The molecule has 4 rings (SSSR count). The summed E-state index contributed by atoms with van der Waals surface area (Å²) in [5, 5.41) is 11.5. The molecule has 0 unspecified atom stereocenters. The largest absolute Gasteiger partial charge is 0.364 e. The van der Waals surface area contributed by atoms with Gasteiger partial charge in [-0.05, 0) is 17.5 Å². The predicted molar refractivity (Wildman–Crippen MR) is 104 cm³/mol. The zero-order chi connectivity index (χ0) is 18.1. The van der Waals surface area contributed by atoms with Crippen molar-refractivity contribution in [1.29, 1.82) is 0 Å². The molecule has 7 nitrogen and oxygen atoms in total. The van der Waals surface area contributed by atoms with Crippen molar-refractivity contribution in [2.75, 3.05) is 5.32 Å². The van der Waals surface area contributed by atoms with Gasteiger partial charge < -0.3 is 10.7 Å². The van der Waals surface area contributed by atoms with Crippen molar-refractivity contribution in [3.8, 4) is 21.8 Å². The van der Waals surface area contributed by atoms with E-state index in [0.29, 0.717) is 22.2 Å². The summed E-state index contributed by atoms with van der Waals surface area (Å²) < 4.78 is 0. The van der Waals surface area contributed by atoms with Gasteiger partial charge in [-0.15, -0.1) is 22.7 Å². The lowest BCUT2D eigenvalue weighted by atomic mass is 10.2. The SMILES string of the molecule is NC(=O)c1cc(-c2csc(NC(=O)c3csc(-c4ccsc4)n3)n2)c[nH]1. The number of hydrogen-bond donors (Lipinski definition) is 3. The minimum Gasteiger partial charge on any atom is -0.364 e. The standard InChI is InChI=1S/C16H11N5O2S3/c17-13(22)10-3-9(4-18-10)11-6-26-16(20-11)21-14(23)12-7-25-15(19-12)8-1-2-24-5-8/h1-7,18H,(H2,17,22)(H,20,21,23). The van der Waals surface area contributed by atoms with E-state index in [1.165, 1.54) is 22.7 Å². The molecule has 0 aliphatic rings. The molecule has 4 aromatic rings. The highest BCUT2D eigenvalue weighted by Gasteiger charge is 2.15. The van der Waals surface area contributed by atoms with Gasteiger partial charge in [-0.25, -0.2) is 9.97 Å². The van der Waals surface area contributed by atoms with Crippen molar-refractivity contribution in [2.24, 2.45) is 5.73 Å². The van der Waals surface area contributed by atoms with Gasteiger partial charge in [-0.3, -0.25) is 14.9 Å². The van der Waals surface area contributed by atoms with Gasteiger partial charge in [0.1, 0.15) is 16.4 Å². The van der Waals surface area contributed by atoms with Crippen LogP contribution < -0.4 is 11.1 Å². The van der Waals surface area contributed by atoms with E-state index in [2.05, 4.69) is 20.3 Å². The maximum absolute atomic E-state index is 12.4. The van der Waals surface area contributed by atoms with Crippen molar-refractivity contribution in [3.05, 3.63) is 51.2 Å². The van der Waals surface area contributed by atoms with E-state index in [-0.39, 0.29) is 5.91 Å². The number of carbonyl (C=O) groups is 2. The first-order valence-corrected chi connectivity index (χ1v) is 10.0. The lowest BCUT2D eigenvalue weighted by Crippen LogP contribution is -2.12. The Morgan fingerprint density at radius 3 is 2.73 bits per heavy atom. The first kappa shape index (κ1) is 16.6. The second kappa shape index (κ2) is 6.83. The van der Waals surface area contributed by atoms with Crippen LogP contribution in [-0.4, -0.2) is 26.8 Å². The number of rotatable bonds is 5. The molecule has 130 valence electrons. The normalized spacial score (nSPS) is 10.8. The van der Waals surface area contributed by atoms with Crippen molar-refractivity contribution in [1.82, 2.24) is 15.0 Å². The second-order valence-corrected chi connectivity index (χ2v) is 7.70. The van der Waals surface area contributed by atoms with Crippen molar-refractivity contribution in [2.45, 2.75) is 0 Å². The zero-order valence-electron chi connectivity index (χ0n) is 13.1. The molecule has 0 atom stereocenters.